The normalized spacial score (nSPS) is 36.5. The average Bonchev–Trinajstić information content (AvgIpc) is 3.22. The van der Waals surface area contributed by atoms with Gasteiger partial charge < -0.3 is 10.1 Å². The Balaban J connectivity index is 1.44. The van der Waals surface area contributed by atoms with Gasteiger partial charge in [-0.05, 0) is 55.8 Å². The molecule has 0 bridgehead atoms. The Morgan fingerprint density at radius 1 is 1.06 bits per heavy atom. The van der Waals surface area contributed by atoms with E-state index >= 15 is 0 Å². The first-order chi connectivity index (χ1) is 8.75. The molecule has 2 heteroatoms. The van der Waals surface area contributed by atoms with Crippen LogP contribution in [0.5, 0.6) is 0 Å². The highest BCUT2D eigenvalue weighted by atomic mass is 16.5. The van der Waals surface area contributed by atoms with Gasteiger partial charge in [0, 0.05) is 25.8 Å². The molecule has 2 unspecified atom stereocenters. The van der Waals surface area contributed by atoms with Crippen molar-refractivity contribution in [3.63, 3.8) is 0 Å². The molecule has 18 heavy (non-hydrogen) atoms. The zero-order valence-electron chi connectivity index (χ0n) is 11.9. The summed E-state index contributed by atoms with van der Waals surface area (Å²) in [4.78, 5) is 0. The van der Waals surface area contributed by atoms with Gasteiger partial charge in [0.25, 0.3) is 0 Å². The van der Waals surface area contributed by atoms with Crippen LogP contribution in [0.4, 0.5) is 0 Å². The maximum atomic E-state index is 5.49. The Bertz CT molecular complexity index is 268. The van der Waals surface area contributed by atoms with Gasteiger partial charge >= 0.3 is 0 Å². The highest BCUT2D eigenvalue weighted by Crippen LogP contribution is 2.44. The highest BCUT2D eigenvalue weighted by molar-refractivity contribution is 4.89. The quantitative estimate of drug-likeness (QED) is 0.827. The maximum Gasteiger partial charge on any atom is 0.0471 e. The van der Waals surface area contributed by atoms with Gasteiger partial charge in [0.1, 0.15) is 0 Å². The minimum atomic E-state index is 0.491. The van der Waals surface area contributed by atoms with Crippen LogP contribution >= 0.6 is 0 Å². The fourth-order valence-electron chi connectivity index (χ4n) is 3.84. The smallest absolute Gasteiger partial charge is 0.0471 e. The second-order valence-corrected chi connectivity index (χ2v) is 7.26. The molecule has 0 aromatic heterocycles. The lowest BCUT2D eigenvalue weighted by Gasteiger charge is -2.37. The fourth-order valence-corrected chi connectivity index (χ4v) is 3.84. The van der Waals surface area contributed by atoms with Crippen LogP contribution < -0.4 is 5.32 Å². The van der Waals surface area contributed by atoms with Crippen LogP contribution in [0.15, 0.2) is 0 Å². The average molecular weight is 251 g/mol. The van der Waals surface area contributed by atoms with Crippen molar-refractivity contribution >= 4 is 0 Å². The van der Waals surface area contributed by atoms with Gasteiger partial charge in [0.2, 0.25) is 0 Å². The first-order valence-corrected chi connectivity index (χ1v) is 8.06. The molecule has 104 valence electrons. The van der Waals surface area contributed by atoms with Crippen LogP contribution in [-0.2, 0) is 4.74 Å². The summed E-state index contributed by atoms with van der Waals surface area (Å²) in [6.07, 6.45) is 11.3. The molecule has 1 saturated heterocycles. The summed E-state index contributed by atoms with van der Waals surface area (Å²) in [7, 11) is 0. The third-order valence-corrected chi connectivity index (χ3v) is 5.52. The van der Waals surface area contributed by atoms with Gasteiger partial charge in [-0.3, -0.25) is 0 Å². The van der Waals surface area contributed by atoms with E-state index in [9.17, 15) is 0 Å². The highest BCUT2D eigenvalue weighted by Gasteiger charge is 2.35. The first-order valence-electron chi connectivity index (χ1n) is 8.06. The first kappa shape index (κ1) is 12.9. The van der Waals surface area contributed by atoms with E-state index in [4.69, 9.17) is 4.74 Å². The van der Waals surface area contributed by atoms with Crippen LogP contribution in [0.3, 0.4) is 0 Å². The molecular formula is C16H29NO. The summed E-state index contributed by atoms with van der Waals surface area (Å²) in [5.41, 5.74) is 0.491. The van der Waals surface area contributed by atoms with Gasteiger partial charge in [-0.1, -0.05) is 19.8 Å². The van der Waals surface area contributed by atoms with Crippen LogP contribution in [0.2, 0.25) is 0 Å². The number of ether oxygens (including phenoxy) is 1. The molecule has 3 rings (SSSR count). The molecule has 0 spiro atoms. The van der Waals surface area contributed by atoms with E-state index in [1.807, 2.05) is 0 Å². The van der Waals surface area contributed by atoms with Crippen molar-refractivity contribution < 1.29 is 4.74 Å². The van der Waals surface area contributed by atoms with Gasteiger partial charge in [0.05, 0.1) is 0 Å². The number of hydrogen-bond donors (Lipinski definition) is 1. The predicted molar refractivity (Wildman–Crippen MR) is 74.6 cm³/mol. The molecular weight excluding hydrogens is 222 g/mol. The van der Waals surface area contributed by atoms with Crippen molar-refractivity contribution in [2.45, 2.75) is 64.3 Å². The largest absolute Gasteiger partial charge is 0.381 e. The van der Waals surface area contributed by atoms with Gasteiger partial charge in [0.15, 0.2) is 0 Å². The Hall–Kier alpha value is -0.0800. The molecule has 0 aromatic carbocycles. The number of nitrogens with one attached hydrogen (secondary N) is 1. The monoisotopic (exact) mass is 251 g/mol. The summed E-state index contributed by atoms with van der Waals surface area (Å²) < 4.78 is 5.49. The van der Waals surface area contributed by atoms with E-state index in [2.05, 4.69) is 12.2 Å². The summed E-state index contributed by atoms with van der Waals surface area (Å²) in [5, 5.41) is 3.89. The van der Waals surface area contributed by atoms with E-state index in [1.54, 1.807) is 0 Å². The van der Waals surface area contributed by atoms with Gasteiger partial charge in [-0.25, -0.2) is 0 Å². The van der Waals surface area contributed by atoms with Crippen molar-refractivity contribution in [3.05, 3.63) is 0 Å². The second kappa shape index (κ2) is 5.50. The molecule has 1 N–H and O–H groups in total. The standard InChI is InChI=1S/C16H29NO/c1-16(7-9-18-10-8-16)12-17-15-4-2-3-14(11-15)13-5-6-13/h13-15,17H,2-12H2,1H3. The Kier molecular flexibility index (Phi) is 3.95. The minimum Gasteiger partial charge on any atom is -0.381 e. The van der Waals surface area contributed by atoms with Crippen molar-refractivity contribution in [2.24, 2.45) is 17.3 Å². The van der Waals surface area contributed by atoms with E-state index in [0.29, 0.717) is 5.41 Å². The summed E-state index contributed by atoms with van der Waals surface area (Å²) in [6.45, 7) is 5.57. The summed E-state index contributed by atoms with van der Waals surface area (Å²) >= 11 is 0. The van der Waals surface area contributed by atoms with E-state index < -0.39 is 0 Å². The van der Waals surface area contributed by atoms with E-state index in [-0.39, 0.29) is 0 Å². The van der Waals surface area contributed by atoms with Crippen molar-refractivity contribution in [1.82, 2.24) is 5.32 Å². The van der Waals surface area contributed by atoms with Crippen molar-refractivity contribution in [2.75, 3.05) is 19.8 Å². The predicted octanol–water partition coefficient (Wildman–Crippen LogP) is 3.36. The van der Waals surface area contributed by atoms with Gasteiger partial charge in [-0.15, -0.1) is 0 Å². The second-order valence-electron chi connectivity index (χ2n) is 7.26. The zero-order valence-corrected chi connectivity index (χ0v) is 11.9. The lowest BCUT2D eigenvalue weighted by atomic mass is 9.80. The van der Waals surface area contributed by atoms with Crippen LogP contribution in [0.1, 0.15) is 58.3 Å². The molecule has 3 fully saturated rings. The molecule has 2 aliphatic carbocycles. The molecule has 2 atom stereocenters. The topological polar surface area (TPSA) is 21.3 Å². The summed E-state index contributed by atoms with van der Waals surface area (Å²) in [5.74, 6) is 2.16. The third kappa shape index (κ3) is 3.27. The third-order valence-electron chi connectivity index (χ3n) is 5.52. The SMILES string of the molecule is CC1(CNC2CCCC(C3CC3)C2)CCOCC1. The van der Waals surface area contributed by atoms with Crippen LogP contribution in [0, 0.1) is 17.3 Å². The maximum absolute atomic E-state index is 5.49. The molecule has 2 saturated carbocycles. The molecule has 1 heterocycles. The van der Waals surface area contributed by atoms with Crippen molar-refractivity contribution in [3.8, 4) is 0 Å². The zero-order chi connectivity index (χ0) is 12.4. The Labute approximate surface area is 112 Å². The minimum absolute atomic E-state index is 0.491. The molecule has 1 aliphatic heterocycles. The molecule has 0 amide bonds. The van der Waals surface area contributed by atoms with E-state index in [1.165, 1.54) is 57.9 Å². The Morgan fingerprint density at radius 2 is 1.83 bits per heavy atom. The lowest BCUT2D eigenvalue weighted by molar-refractivity contribution is 0.0218. The fraction of sp³-hybridized carbons (Fsp3) is 1.00. The summed E-state index contributed by atoms with van der Waals surface area (Å²) in [6, 6.07) is 0.809. The van der Waals surface area contributed by atoms with Gasteiger partial charge in [-0.2, -0.15) is 0 Å². The van der Waals surface area contributed by atoms with Crippen molar-refractivity contribution in [1.29, 1.82) is 0 Å². The van der Waals surface area contributed by atoms with E-state index in [0.717, 1.165) is 31.1 Å². The number of hydrogen-bond acceptors (Lipinski definition) is 2. The lowest BCUT2D eigenvalue weighted by Crippen LogP contribution is -2.43. The molecule has 2 nitrogen and oxygen atoms in total. The molecule has 0 radical (unpaired) electrons. The number of rotatable bonds is 4. The van der Waals surface area contributed by atoms with Crippen LogP contribution in [0.25, 0.3) is 0 Å². The van der Waals surface area contributed by atoms with Crippen LogP contribution in [-0.4, -0.2) is 25.8 Å². The molecule has 0 aromatic rings. The molecule has 3 aliphatic rings. The Morgan fingerprint density at radius 3 is 2.56 bits per heavy atom.